The van der Waals surface area contributed by atoms with Crippen molar-refractivity contribution in [1.29, 1.82) is 0 Å². The fourth-order valence-electron chi connectivity index (χ4n) is 8.46. The molecule has 0 radical (unpaired) electrons. The largest absolute Gasteiger partial charge is 0.490 e. The number of amides is 1. The molecule has 1 saturated heterocycles. The highest BCUT2D eigenvalue weighted by Gasteiger charge is 2.62. The fraction of sp³-hybridized carbons (Fsp3) is 0.741. The smallest absolute Gasteiger partial charge is 0.416 e. The first kappa shape index (κ1) is 23.0. The summed E-state index contributed by atoms with van der Waals surface area (Å²) < 4.78 is 45.0. The average molecular weight is 464 g/mol. The molecular weight excluding hydrogens is 427 g/mol. The Balaban J connectivity index is 1.35. The van der Waals surface area contributed by atoms with Crippen molar-refractivity contribution in [3.8, 4) is 5.75 Å². The van der Waals surface area contributed by atoms with Gasteiger partial charge < -0.3 is 9.64 Å². The highest BCUT2D eigenvalue weighted by Crippen LogP contribution is 2.66. The summed E-state index contributed by atoms with van der Waals surface area (Å²) in [5.74, 6) is 3.16. The summed E-state index contributed by atoms with van der Waals surface area (Å²) in [6.07, 6.45) is 2.73. The molecule has 5 rings (SSSR count). The van der Waals surface area contributed by atoms with E-state index in [9.17, 15) is 18.0 Å². The topological polar surface area (TPSA) is 29.5 Å². The summed E-state index contributed by atoms with van der Waals surface area (Å²) in [6.45, 7) is 7.21. The Morgan fingerprint density at radius 2 is 1.76 bits per heavy atom. The molecule has 0 bridgehead atoms. The van der Waals surface area contributed by atoms with E-state index in [4.69, 9.17) is 4.74 Å². The predicted octanol–water partition coefficient (Wildman–Crippen LogP) is 6.56. The molecule has 0 spiro atoms. The summed E-state index contributed by atoms with van der Waals surface area (Å²) in [4.78, 5) is 14.5. The minimum absolute atomic E-state index is 0.0452. The highest BCUT2D eigenvalue weighted by molar-refractivity contribution is 5.77. The zero-order chi connectivity index (χ0) is 23.8. The molecule has 1 aliphatic heterocycles. The lowest BCUT2D eigenvalue weighted by Gasteiger charge is -2.63. The van der Waals surface area contributed by atoms with Crippen LogP contribution in [0.2, 0.25) is 0 Å². The molecule has 4 aliphatic rings. The highest BCUT2D eigenvalue weighted by atomic mass is 19.4. The Labute approximate surface area is 195 Å². The Bertz CT molecular complexity index is 915. The predicted molar refractivity (Wildman–Crippen MR) is 121 cm³/mol. The summed E-state index contributed by atoms with van der Waals surface area (Å²) >= 11 is 0. The van der Waals surface area contributed by atoms with Crippen molar-refractivity contribution in [2.75, 3.05) is 7.05 Å². The van der Waals surface area contributed by atoms with Gasteiger partial charge in [-0.05, 0) is 97.3 Å². The van der Waals surface area contributed by atoms with Crippen LogP contribution in [0.3, 0.4) is 0 Å². The van der Waals surface area contributed by atoms with Crippen molar-refractivity contribution in [3.05, 3.63) is 29.8 Å². The second kappa shape index (κ2) is 7.64. The van der Waals surface area contributed by atoms with E-state index in [1.165, 1.54) is 25.0 Å². The van der Waals surface area contributed by atoms with Crippen LogP contribution in [0.5, 0.6) is 5.75 Å². The van der Waals surface area contributed by atoms with Crippen molar-refractivity contribution >= 4 is 5.91 Å². The maximum Gasteiger partial charge on any atom is 0.416 e. The van der Waals surface area contributed by atoms with Gasteiger partial charge in [-0.1, -0.05) is 20.8 Å². The van der Waals surface area contributed by atoms with Crippen molar-refractivity contribution in [2.24, 2.45) is 34.5 Å². The van der Waals surface area contributed by atoms with Gasteiger partial charge in [0.2, 0.25) is 5.91 Å². The lowest BCUT2D eigenvalue weighted by molar-refractivity contribution is -0.164. The van der Waals surface area contributed by atoms with Crippen LogP contribution in [0.25, 0.3) is 0 Å². The van der Waals surface area contributed by atoms with E-state index in [2.05, 4.69) is 20.8 Å². The number of nitrogens with zero attached hydrogens (tertiary/aromatic N) is 1. The van der Waals surface area contributed by atoms with Gasteiger partial charge in [0.1, 0.15) is 5.75 Å². The van der Waals surface area contributed by atoms with Crippen molar-refractivity contribution < 1.29 is 22.7 Å². The van der Waals surface area contributed by atoms with Crippen LogP contribution < -0.4 is 4.74 Å². The third-order valence-electron chi connectivity index (χ3n) is 10.1. The number of likely N-dealkylation sites (tertiary alicyclic amines) is 1. The van der Waals surface area contributed by atoms with Gasteiger partial charge >= 0.3 is 6.18 Å². The van der Waals surface area contributed by atoms with Crippen LogP contribution in [0, 0.1) is 34.5 Å². The molecule has 1 heterocycles. The maximum absolute atomic E-state index is 12.9. The standard InChI is InChI=1S/C27H36F3NO2/c1-16-13-22-26(3,12-10-23(32)31(22)4)20-9-11-25(2)15-19(14-21(25)24(16)20)33-18-7-5-17(6-8-18)27(28,29)30/h5-8,16,19-22,24H,9-15H2,1-4H3/t16-,19-,20-,21-,22+,24+,25+,26+/m0/s1. The van der Waals surface area contributed by atoms with Gasteiger partial charge in [-0.2, -0.15) is 13.2 Å². The van der Waals surface area contributed by atoms with Gasteiger partial charge in [0, 0.05) is 19.5 Å². The molecule has 1 aromatic carbocycles. The maximum atomic E-state index is 12.9. The molecule has 6 heteroatoms. The van der Waals surface area contributed by atoms with Crippen molar-refractivity contribution in [2.45, 2.75) is 84.0 Å². The first-order chi connectivity index (χ1) is 15.4. The molecule has 8 atom stereocenters. The lowest BCUT2D eigenvalue weighted by Crippen LogP contribution is -2.62. The van der Waals surface area contributed by atoms with E-state index in [1.54, 1.807) is 0 Å². The van der Waals surface area contributed by atoms with Gasteiger partial charge in [0.05, 0.1) is 11.7 Å². The molecule has 0 aromatic heterocycles. The molecule has 1 aromatic rings. The number of piperidine rings is 1. The van der Waals surface area contributed by atoms with Crippen molar-refractivity contribution in [3.63, 3.8) is 0 Å². The van der Waals surface area contributed by atoms with Crippen LogP contribution in [-0.4, -0.2) is 30.0 Å². The van der Waals surface area contributed by atoms with Crippen LogP contribution in [0.15, 0.2) is 24.3 Å². The van der Waals surface area contributed by atoms with Crippen LogP contribution in [0.1, 0.15) is 71.3 Å². The third kappa shape index (κ3) is 3.67. The van der Waals surface area contributed by atoms with E-state index in [-0.39, 0.29) is 22.8 Å². The summed E-state index contributed by atoms with van der Waals surface area (Å²) in [7, 11) is 1.99. The number of fused-ring (bicyclic) bond motifs is 5. The van der Waals surface area contributed by atoms with Gasteiger partial charge in [-0.25, -0.2) is 0 Å². The zero-order valence-electron chi connectivity index (χ0n) is 20.1. The van der Waals surface area contributed by atoms with Crippen LogP contribution in [-0.2, 0) is 11.0 Å². The van der Waals surface area contributed by atoms with E-state index >= 15 is 0 Å². The monoisotopic (exact) mass is 463 g/mol. The molecular formula is C27H36F3NO2. The number of ether oxygens (including phenoxy) is 1. The molecule has 33 heavy (non-hydrogen) atoms. The fourth-order valence-corrected chi connectivity index (χ4v) is 8.46. The Morgan fingerprint density at radius 3 is 2.42 bits per heavy atom. The van der Waals surface area contributed by atoms with Crippen LogP contribution in [0.4, 0.5) is 13.2 Å². The molecule has 182 valence electrons. The second-order valence-electron chi connectivity index (χ2n) is 11.9. The second-order valence-corrected chi connectivity index (χ2v) is 11.9. The number of halogens is 3. The summed E-state index contributed by atoms with van der Waals surface area (Å²) in [5, 5.41) is 0. The Kier molecular flexibility index (Phi) is 5.34. The van der Waals surface area contributed by atoms with E-state index in [1.807, 2.05) is 11.9 Å². The van der Waals surface area contributed by atoms with Gasteiger partial charge in [-0.15, -0.1) is 0 Å². The Morgan fingerprint density at radius 1 is 1.06 bits per heavy atom. The molecule has 3 aliphatic carbocycles. The van der Waals surface area contributed by atoms with E-state index in [0.29, 0.717) is 41.9 Å². The first-order valence-corrected chi connectivity index (χ1v) is 12.5. The molecule has 3 saturated carbocycles. The SMILES string of the molecule is C[C@H]1C[C@H]2N(C)C(=O)CC[C@]2(C)[C@H]2CC[C@]3(C)C[C@@H](Oc4ccc(C(F)(F)F)cc4)C[C@H]3[C@H]12. The summed E-state index contributed by atoms with van der Waals surface area (Å²) in [6, 6.07) is 5.47. The van der Waals surface area contributed by atoms with E-state index < -0.39 is 11.7 Å². The van der Waals surface area contributed by atoms with Gasteiger partial charge in [0.25, 0.3) is 0 Å². The number of rotatable bonds is 2. The number of carbonyl (C=O) groups is 1. The lowest BCUT2D eigenvalue weighted by atomic mass is 9.45. The van der Waals surface area contributed by atoms with Gasteiger partial charge in [0.15, 0.2) is 0 Å². The number of alkyl halides is 3. The van der Waals surface area contributed by atoms with Gasteiger partial charge in [-0.3, -0.25) is 4.79 Å². The average Bonchev–Trinajstić information content (AvgIpc) is 3.08. The molecule has 0 unspecified atom stereocenters. The van der Waals surface area contributed by atoms with E-state index in [0.717, 1.165) is 37.8 Å². The number of carbonyl (C=O) groups excluding carboxylic acids is 1. The quantitative estimate of drug-likeness (QED) is 0.497. The van der Waals surface area contributed by atoms with Crippen LogP contribution >= 0.6 is 0 Å². The summed E-state index contributed by atoms with van der Waals surface area (Å²) in [5.41, 5.74) is -0.251. The zero-order valence-corrected chi connectivity index (χ0v) is 20.1. The first-order valence-electron chi connectivity index (χ1n) is 12.5. The van der Waals surface area contributed by atoms with Crippen molar-refractivity contribution in [1.82, 2.24) is 4.90 Å². The number of benzene rings is 1. The minimum atomic E-state index is -4.33. The Hall–Kier alpha value is -1.72. The normalized spacial score (nSPS) is 43.0. The third-order valence-corrected chi connectivity index (χ3v) is 10.1. The number of hydrogen-bond donors (Lipinski definition) is 0. The molecule has 0 N–H and O–H groups in total. The minimum Gasteiger partial charge on any atom is -0.490 e. The molecule has 1 amide bonds. The molecule has 3 nitrogen and oxygen atoms in total. The number of hydrogen-bond acceptors (Lipinski definition) is 2. The molecule has 4 fully saturated rings.